The predicted molar refractivity (Wildman–Crippen MR) is 105 cm³/mol. The van der Waals surface area contributed by atoms with Gasteiger partial charge in [0.05, 0.1) is 18.0 Å². The van der Waals surface area contributed by atoms with Crippen molar-refractivity contribution in [1.82, 2.24) is 10.4 Å². The van der Waals surface area contributed by atoms with Gasteiger partial charge in [0.1, 0.15) is 0 Å². The maximum absolute atomic E-state index is 12.1. The zero-order valence-electron chi connectivity index (χ0n) is 15.6. The molecule has 9 nitrogen and oxygen atoms in total. The van der Waals surface area contributed by atoms with Gasteiger partial charge in [0.2, 0.25) is 5.91 Å². The zero-order chi connectivity index (χ0) is 20.4. The quantitative estimate of drug-likeness (QED) is 0.212. The molecule has 0 bridgehead atoms. The fraction of sp³-hybridized carbons (Fsp3) is 0.316. The van der Waals surface area contributed by atoms with Gasteiger partial charge in [0.15, 0.2) is 11.6 Å². The molecular formula is C19H23N5O4. The van der Waals surface area contributed by atoms with Gasteiger partial charge in [-0.2, -0.15) is 5.10 Å². The van der Waals surface area contributed by atoms with Gasteiger partial charge in [0, 0.05) is 24.0 Å². The molecule has 9 heteroatoms. The number of benzene rings is 1. The SMILES string of the molecule is CCCCCOc1ccc(CC(=O)N/N=C(\N)c2ccncc2)cc1[N+](=O)[O-]. The van der Waals surface area contributed by atoms with Crippen LogP contribution in [0.2, 0.25) is 0 Å². The molecule has 0 saturated heterocycles. The lowest BCUT2D eigenvalue weighted by Crippen LogP contribution is -2.25. The van der Waals surface area contributed by atoms with Gasteiger partial charge in [-0.1, -0.05) is 25.8 Å². The molecule has 1 heterocycles. The standard InChI is InChI=1S/C19H23N5O4/c1-2-3-4-11-28-17-6-5-14(12-16(17)24(26)27)13-18(25)22-23-19(20)15-7-9-21-10-8-15/h5-10,12H,2-4,11,13H2,1H3,(H2,20,23)(H,22,25). The maximum atomic E-state index is 12.1. The van der Waals surface area contributed by atoms with E-state index in [0.717, 1.165) is 19.3 Å². The minimum absolute atomic E-state index is 0.0793. The highest BCUT2D eigenvalue weighted by molar-refractivity contribution is 5.97. The molecular weight excluding hydrogens is 362 g/mol. The first-order valence-corrected chi connectivity index (χ1v) is 8.93. The lowest BCUT2D eigenvalue weighted by Gasteiger charge is -2.08. The molecule has 0 aliphatic heterocycles. The Balaban J connectivity index is 2.00. The predicted octanol–water partition coefficient (Wildman–Crippen LogP) is 2.54. The van der Waals surface area contributed by atoms with Crippen LogP contribution in [0, 0.1) is 10.1 Å². The van der Waals surface area contributed by atoms with Crippen LogP contribution in [0.5, 0.6) is 5.75 Å². The van der Waals surface area contributed by atoms with E-state index >= 15 is 0 Å². The smallest absolute Gasteiger partial charge is 0.311 e. The molecule has 1 amide bonds. The summed E-state index contributed by atoms with van der Waals surface area (Å²) in [5.41, 5.74) is 9.06. The topological polar surface area (TPSA) is 133 Å². The average Bonchev–Trinajstić information content (AvgIpc) is 2.70. The maximum Gasteiger partial charge on any atom is 0.311 e. The van der Waals surface area contributed by atoms with Crippen molar-refractivity contribution >= 4 is 17.4 Å². The molecule has 28 heavy (non-hydrogen) atoms. The van der Waals surface area contributed by atoms with Crippen molar-refractivity contribution in [2.45, 2.75) is 32.6 Å². The number of hydrogen-bond acceptors (Lipinski definition) is 6. The molecule has 3 N–H and O–H groups in total. The van der Waals surface area contributed by atoms with Crippen molar-refractivity contribution in [1.29, 1.82) is 0 Å². The second-order valence-electron chi connectivity index (χ2n) is 6.06. The number of rotatable bonds is 10. The van der Waals surface area contributed by atoms with E-state index in [1.54, 1.807) is 30.6 Å². The number of hydrazone groups is 1. The van der Waals surface area contributed by atoms with E-state index in [0.29, 0.717) is 17.7 Å². The van der Waals surface area contributed by atoms with Gasteiger partial charge in [0.25, 0.3) is 0 Å². The Hall–Kier alpha value is -3.49. The fourth-order valence-corrected chi connectivity index (χ4v) is 2.41. The van der Waals surface area contributed by atoms with Crippen molar-refractivity contribution in [2.75, 3.05) is 6.61 Å². The zero-order valence-corrected chi connectivity index (χ0v) is 15.6. The molecule has 1 aromatic heterocycles. The number of nitrogens with zero attached hydrogens (tertiary/aromatic N) is 3. The number of unbranched alkanes of at least 4 members (excludes halogenated alkanes) is 2. The average molecular weight is 385 g/mol. The largest absolute Gasteiger partial charge is 0.487 e. The molecule has 2 rings (SSSR count). The number of nitro benzene ring substituents is 1. The van der Waals surface area contributed by atoms with Gasteiger partial charge in [-0.15, -0.1) is 0 Å². The summed E-state index contributed by atoms with van der Waals surface area (Å²) < 4.78 is 5.50. The molecule has 1 aromatic carbocycles. The molecule has 2 aromatic rings. The van der Waals surface area contributed by atoms with Crippen LogP contribution in [0.15, 0.2) is 47.8 Å². The van der Waals surface area contributed by atoms with Crippen molar-refractivity contribution in [3.8, 4) is 5.75 Å². The van der Waals surface area contributed by atoms with Crippen molar-refractivity contribution in [3.63, 3.8) is 0 Å². The normalized spacial score (nSPS) is 11.1. The number of carbonyl (C=O) groups is 1. The number of nitrogens with one attached hydrogen (secondary N) is 1. The summed E-state index contributed by atoms with van der Waals surface area (Å²) >= 11 is 0. The number of ether oxygens (including phenoxy) is 1. The number of aromatic nitrogens is 1. The van der Waals surface area contributed by atoms with Crippen molar-refractivity contribution in [3.05, 3.63) is 64.0 Å². The number of amidine groups is 1. The van der Waals surface area contributed by atoms with Crippen LogP contribution in [0.3, 0.4) is 0 Å². The molecule has 0 unspecified atom stereocenters. The van der Waals surface area contributed by atoms with Crippen LogP contribution in [0.4, 0.5) is 5.69 Å². The fourth-order valence-electron chi connectivity index (χ4n) is 2.41. The Morgan fingerprint density at radius 2 is 2.04 bits per heavy atom. The number of nitro groups is 1. The number of nitrogens with two attached hydrogens (primary N) is 1. The molecule has 0 aliphatic carbocycles. The minimum atomic E-state index is -0.518. The Morgan fingerprint density at radius 1 is 1.29 bits per heavy atom. The molecule has 148 valence electrons. The molecule has 0 atom stereocenters. The van der Waals surface area contributed by atoms with Gasteiger partial charge in [-0.3, -0.25) is 19.9 Å². The summed E-state index contributed by atoms with van der Waals surface area (Å²) in [4.78, 5) is 26.7. The second kappa shape index (κ2) is 10.6. The first kappa shape index (κ1) is 20.8. The Kier molecular flexibility index (Phi) is 7.89. The Bertz CT molecular complexity index is 839. The van der Waals surface area contributed by atoms with E-state index in [1.165, 1.54) is 12.1 Å². The lowest BCUT2D eigenvalue weighted by atomic mass is 10.1. The van der Waals surface area contributed by atoms with Gasteiger partial charge < -0.3 is 10.5 Å². The van der Waals surface area contributed by atoms with Gasteiger partial charge in [-0.05, 0) is 30.2 Å². The highest BCUT2D eigenvalue weighted by Gasteiger charge is 2.17. The summed E-state index contributed by atoms with van der Waals surface area (Å²) in [6.45, 7) is 2.48. The van der Waals surface area contributed by atoms with E-state index < -0.39 is 10.8 Å². The number of amides is 1. The molecule has 0 fully saturated rings. The van der Waals surface area contributed by atoms with Crippen LogP contribution in [0.25, 0.3) is 0 Å². The van der Waals surface area contributed by atoms with Crippen molar-refractivity contribution in [2.24, 2.45) is 10.8 Å². The van der Waals surface area contributed by atoms with E-state index in [1.807, 2.05) is 0 Å². The van der Waals surface area contributed by atoms with Crippen LogP contribution in [0.1, 0.15) is 37.3 Å². The third-order valence-electron chi connectivity index (χ3n) is 3.87. The second-order valence-corrected chi connectivity index (χ2v) is 6.06. The first-order chi connectivity index (χ1) is 13.5. The Morgan fingerprint density at radius 3 is 2.71 bits per heavy atom. The van der Waals surface area contributed by atoms with Crippen LogP contribution in [-0.2, 0) is 11.2 Å². The highest BCUT2D eigenvalue weighted by atomic mass is 16.6. The molecule has 0 radical (unpaired) electrons. The lowest BCUT2D eigenvalue weighted by molar-refractivity contribution is -0.385. The van der Waals surface area contributed by atoms with Crippen LogP contribution >= 0.6 is 0 Å². The summed E-state index contributed by atoms with van der Waals surface area (Å²) in [5.74, 6) is -0.106. The van der Waals surface area contributed by atoms with Crippen molar-refractivity contribution < 1.29 is 14.5 Å². The van der Waals surface area contributed by atoms with Gasteiger partial charge in [-0.25, -0.2) is 5.43 Å². The number of carbonyl (C=O) groups excluding carboxylic acids is 1. The summed E-state index contributed by atoms with van der Waals surface area (Å²) in [5, 5.41) is 15.1. The third kappa shape index (κ3) is 6.35. The minimum Gasteiger partial charge on any atom is -0.487 e. The van der Waals surface area contributed by atoms with E-state index in [-0.39, 0.29) is 23.7 Å². The number of hydrogen-bond donors (Lipinski definition) is 2. The highest BCUT2D eigenvalue weighted by Crippen LogP contribution is 2.28. The van der Waals surface area contributed by atoms with Crippen LogP contribution in [-0.4, -0.2) is 28.3 Å². The van der Waals surface area contributed by atoms with E-state index in [2.05, 4.69) is 22.4 Å². The van der Waals surface area contributed by atoms with E-state index in [9.17, 15) is 14.9 Å². The van der Waals surface area contributed by atoms with Crippen LogP contribution < -0.4 is 15.9 Å². The first-order valence-electron chi connectivity index (χ1n) is 8.93. The number of pyridine rings is 1. The van der Waals surface area contributed by atoms with E-state index in [4.69, 9.17) is 10.5 Å². The summed E-state index contributed by atoms with van der Waals surface area (Å²) in [6, 6.07) is 7.80. The summed E-state index contributed by atoms with van der Waals surface area (Å²) in [7, 11) is 0. The Labute approximate surface area is 162 Å². The monoisotopic (exact) mass is 385 g/mol. The summed E-state index contributed by atoms with van der Waals surface area (Å²) in [6.07, 6.45) is 5.90. The molecule has 0 spiro atoms. The molecule has 0 saturated carbocycles. The third-order valence-corrected chi connectivity index (χ3v) is 3.87. The van der Waals surface area contributed by atoms with Gasteiger partial charge >= 0.3 is 5.69 Å². The molecule has 0 aliphatic rings.